The molecule has 0 amide bonds. The van der Waals surface area contributed by atoms with Crippen LogP contribution in [-0.4, -0.2) is 11.3 Å². The lowest BCUT2D eigenvalue weighted by Crippen LogP contribution is -2.04. The maximum atomic E-state index is 10.7. The van der Waals surface area contributed by atoms with Crippen LogP contribution in [0.2, 0.25) is 0 Å². The first-order valence-electron chi connectivity index (χ1n) is 4.21. The zero-order chi connectivity index (χ0) is 10.6. The zero-order valence-corrected chi connectivity index (χ0v) is 8.82. The van der Waals surface area contributed by atoms with Gasteiger partial charge in [0.2, 0.25) is 5.50 Å². The second-order valence-corrected chi connectivity index (χ2v) is 3.41. The smallest absolute Gasteiger partial charge is 0.202 e. The van der Waals surface area contributed by atoms with E-state index in [1.807, 2.05) is 31.2 Å². The molecule has 0 saturated carbocycles. The normalized spacial score (nSPS) is 13.1. The Hall–Kier alpha value is -1.22. The molecule has 0 aliphatic carbocycles. The summed E-state index contributed by atoms with van der Waals surface area (Å²) in [4.78, 5) is 10.7. The Morgan fingerprint density at radius 1 is 1.36 bits per heavy atom. The van der Waals surface area contributed by atoms with Gasteiger partial charge >= 0.3 is 0 Å². The number of nitrogens with zero attached hydrogens (tertiary/aromatic N) is 2. The van der Waals surface area contributed by atoms with Crippen molar-refractivity contribution in [3.05, 3.63) is 29.8 Å². The van der Waals surface area contributed by atoms with Crippen LogP contribution < -0.4 is 0 Å². The number of aryl methyl sites for hydroxylation is 1. The van der Waals surface area contributed by atoms with Gasteiger partial charge in [-0.05, 0) is 26.0 Å². The monoisotopic (exact) mass is 210 g/mol. The Bertz CT molecular complexity index is 346. The highest BCUT2D eigenvalue weighted by Gasteiger charge is 2.06. The summed E-state index contributed by atoms with van der Waals surface area (Å²) in [6.07, 6.45) is 0. The molecule has 74 valence electrons. The lowest BCUT2D eigenvalue weighted by molar-refractivity contribution is -0.116. The van der Waals surface area contributed by atoms with Crippen molar-refractivity contribution in [2.75, 3.05) is 0 Å². The molecule has 0 aromatic heterocycles. The number of azo groups is 1. The van der Waals surface area contributed by atoms with Crippen LogP contribution in [0.5, 0.6) is 0 Å². The standard InChI is InChI=1S/C10H11ClN2O/c1-7-3-5-9(6-4-7)12-13-10(11)8(2)14/h3-6,10H,1-2H3. The summed E-state index contributed by atoms with van der Waals surface area (Å²) in [5.74, 6) is -0.206. The first-order chi connectivity index (χ1) is 6.59. The molecule has 4 heteroatoms. The fourth-order valence-electron chi connectivity index (χ4n) is 0.810. The van der Waals surface area contributed by atoms with Crippen molar-refractivity contribution in [1.29, 1.82) is 0 Å². The van der Waals surface area contributed by atoms with Gasteiger partial charge in [-0.1, -0.05) is 29.3 Å². The van der Waals surface area contributed by atoms with E-state index in [0.29, 0.717) is 5.69 Å². The quantitative estimate of drug-likeness (QED) is 0.429. The molecule has 3 nitrogen and oxygen atoms in total. The number of Topliss-reactive ketones (excluding diaryl/α,β-unsaturated/α-hetero) is 1. The molecule has 1 unspecified atom stereocenters. The van der Waals surface area contributed by atoms with Crippen LogP contribution in [0.25, 0.3) is 0 Å². The number of alkyl halides is 1. The highest BCUT2D eigenvalue weighted by molar-refractivity contribution is 6.30. The molecule has 1 atom stereocenters. The van der Waals surface area contributed by atoms with Gasteiger partial charge in [-0.25, -0.2) is 0 Å². The SMILES string of the molecule is CC(=O)C(Cl)N=Nc1ccc(C)cc1. The van der Waals surface area contributed by atoms with Crippen LogP contribution in [0.1, 0.15) is 12.5 Å². The van der Waals surface area contributed by atoms with Gasteiger partial charge in [0, 0.05) is 0 Å². The summed E-state index contributed by atoms with van der Waals surface area (Å²) in [7, 11) is 0. The Morgan fingerprint density at radius 2 is 1.93 bits per heavy atom. The average Bonchev–Trinajstić information content (AvgIpc) is 2.16. The van der Waals surface area contributed by atoms with E-state index in [9.17, 15) is 4.79 Å². The van der Waals surface area contributed by atoms with Crippen LogP contribution in [0.4, 0.5) is 5.69 Å². The van der Waals surface area contributed by atoms with Crippen LogP contribution in [0.3, 0.4) is 0 Å². The second-order valence-electron chi connectivity index (χ2n) is 3.00. The number of rotatable bonds is 3. The van der Waals surface area contributed by atoms with Gasteiger partial charge in [0.05, 0.1) is 5.69 Å². The van der Waals surface area contributed by atoms with E-state index in [2.05, 4.69) is 10.2 Å². The van der Waals surface area contributed by atoms with E-state index in [0.717, 1.165) is 5.56 Å². The minimum atomic E-state index is -0.878. The maximum absolute atomic E-state index is 10.7. The first kappa shape index (κ1) is 10.9. The summed E-state index contributed by atoms with van der Waals surface area (Å²) < 4.78 is 0. The molecule has 0 bridgehead atoms. The number of halogens is 1. The Balaban J connectivity index is 2.69. The van der Waals surface area contributed by atoms with Gasteiger partial charge < -0.3 is 0 Å². The number of benzene rings is 1. The van der Waals surface area contributed by atoms with Crippen molar-refractivity contribution in [2.45, 2.75) is 19.3 Å². The Labute approximate surface area is 87.8 Å². The van der Waals surface area contributed by atoms with E-state index in [1.165, 1.54) is 6.92 Å². The summed E-state index contributed by atoms with van der Waals surface area (Å²) in [5, 5.41) is 7.51. The number of carbonyl (C=O) groups excluding carboxylic acids is 1. The van der Waals surface area contributed by atoms with Crippen molar-refractivity contribution in [1.82, 2.24) is 0 Å². The number of hydrogen-bond donors (Lipinski definition) is 0. The molecule has 0 aliphatic heterocycles. The number of hydrogen-bond acceptors (Lipinski definition) is 3. The molecule has 0 heterocycles. The summed E-state index contributed by atoms with van der Waals surface area (Å²) in [6, 6.07) is 7.49. The van der Waals surface area contributed by atoms with E-state index in [-0.39, 0.29) is 5.78 Å². The molecule has 0 N–H and O–H groups in total. The summed E-state index contributed by atoms with van der Waals surface area (Å²) >= 11 is 5.59. The van der Waals surface area contributed by atoms with Crippen LogP contribution in [-0.2, 0) is 4.79 Å². The third-order valence-electron chi connectivity index (χ3n) is 1.64. The van der Waals surface area contributed by atoms with Gasteiger partial charge in [-0.15, -0.1) is 0 Å². The fraction of sp³-hybridized carbons (Fsp3) is 0.300. The molecule has 0 spiro atoms. The topological polar surface area (TPSA) is 41.8 Å². The summed E-state index contributed by atoms with van der Waals surface area (Å²) in [6.45, 7) is 3.37. The van der Waals surface area contributed by atoms with Crippen LogP contribution in [0.15, 0.2) is 34.5 Å². The maximum Gasteiger partial charge on any atom is 0.202 e. The zero-order valence-electron chi connectivity index (χ0n) is 8.07. The highest BCUT2D eigenvalue weighted by Crippen LogP contribution is 2.14. The van der Waals surface area contributed by atoms with E-state index < -0.39 is 5.50 Å². The van der Waals surface area contributed by atoms with Gasteiger partial charge in [0.25, 0.3) is 0 Å². The lowest BCUT2D eigenvalue weighted by atomic mass is 10.2. The van der Waals surface area contributed by atoms with Crippen molar-refractivity contribution in [3.8, 4) is 0 Å². The van der Waals surface area contributed by atoms with Crippen molar-refractivity contribution in [3.63, 3.8) is 0 Å². The Morgan fingerprint density at radius 3 is 2.43 bits per heavy atom. The first-order valence-corrected chi connectivity index (χ1v) is 4.65. The molecule has 0 aliphatic rings. The van der Waals surface area contributed by atoms with Gasteiger partial charge in [0.1, 0.15) is 0 Å². The molecule has 0 fully saturated rings. The van der Waals surface area contributed by atoms with E-state index in [1.54, 1.807) is 0 Å². The number of ketones is 1. The minimum absolute atomic E-state index is 0.206. The predicted molar refractivity (Wildman–Crippen MR) is 56.0 cm³/mol. The van der Waals surface area contributed by atoms with Crippen molar-refractivity contribution >= 4 is 23.1 Å². The predicted octanol–water partition coefficient (Wildman–Crippen LogP) is 3.23. The average molecular weight is 211 g/mol. The number of carbonyl (C=O) groups is 1. The van der Waals surface area contributed by atoms with Crippen LogP contribution >= 0.6 is 11.6 Å². The second kappa shape index (κ2) is 4.86. The fourth-order valence-corrected chi connectivity index (χ4v) is 0.854. The molecule has 0 saturated heterocycles. The van der Waals surface area contributed by atoms with Crippen molar-refractivity contribution in [2.24, 2.45) is 10.2 Å². The molecule has 1 aromatic rings. The Kier molecular flexibility index (Phi) is 3.77. The molecular weight excluding hydrogens is 200 g/mol. The van der Waals surface area contributed by atoms with Gasteiger partial charge in [-0.3, -0.25) is 4.79 Å². The van der Waals surface area contributed by atoms with E-state index >= 15 is 0 Å². The largest absolute Gasteiger partial charge is 0.296 e. The molecule has 14 heavy (non-hydrogen) atoms. The van der Waals surface area contributed by atoms with Crippen LogP contribution in [0, 0.1) is 6.92 Å². The van der Waals surface area contributed by atoms with Gasteiger partial charge in [0.15, 0.2) is 5.78 Å². The highest BCUT2D eigenvalue weighted by atomic mass is 35.5. The third kappa shape index (κ3) is 3.26. The van der Waals surface area contributed by atoms with Gasteiger partial charge in [-0.2, -0.15) is 10.2 Å². The van der Waals surface area contributed by atoms with Crippen molar-refractivity contribution < 1.29 is 4.79 Å². The molecule has 1 aromatic carbocycles. The molecule has 1 rings (SSSR count). The minimum Gasteiger partial charge on any atom is -0.296 e. The third-order valence-corrected chi connectivity index (χ3v) is 2.04. The van der Waals surface area contributed by atoms with E-state index in [4.69, 9.17) is 11.6 Å². The lowest BCUT2D eigenvalue weighted by Gasteiger charge is -1.96. The summed E-state index contributed by atoms with van der Waals surface area (Å²) in [5.41, 5.74) is 0.969. The molecule has 0 radical (unpaired) electrons. The molecular formula is C10H11ClN2O.